The molecule has 0 aliphatic rings. The van der Waals surface area contributed by atoms with Gasteiger partial charge in [0.2, 0.25) is 0 Å². The Morgan fingerprint density at radius 3 is 2.67 bits per heavy atom. The highest BCUT2D eigenvalue weighted by Gasteiger charge is 2.02. The van der Waals surface area contributed by atoms with Crippen molar-refractivity contribution in [3.8, 4) is 0 Å². The lowest BCUT2D eigenvalue weighted by molar-refractivity contribution is 0.137. The molecular formula is C10H16N2O3. The topological polar surface area (TPSA) is 53.2 Å². The van der Waals surface area contributed by atoms with E-state index in [4.69, 9.17) is 4.74 Å². The Labute approximate surface area is 87.9 Å². The monoisotopic (exact) mass is 212 g/mol. The summed E-state index contributed by atoms with van der Waals surface area (Å²) in [7, 11) is 0. The molecule has 1 heterocycles. The van der Waals surface area contributed by atoms with Gasteiger partial charge in [0.1, 0.15) is 0 Å². The molecule has 0 saturated heterocycles. The van der Waals surface area contributed by atoms with Crippen LogP contribution in [-0.4, -0.2) is 22.3 Å². The minimum absolute atomic E-state index is 0.273. The SMILES string of the molecule is CCOCCn1c(=O)ccn(CC)c1=O. The molecule has 0 unspecified atom stereocenters. The van der Waals surface area contributed by atoms with Gasteiger partial charge in [-0.15, -0.1) is 0 Å². The fourth-order valence-electron chi connectivity index (χ4n) is 1.30. The van der Waals surface area contributed by atoms with Gasteiger partial charge in [-0.05, 0) is 13.8 Å². The lowest BCUT2D eigenvalue weighted by Gasteiger charge is -2.07. The molecule has 0 N–H and O–H groups in total. The van der Waals surface area contributed by atoms with E-state index in [9.17, 15) is 9.59 Å². The minimum atomic E-state index is -0.274. The molecule has 84 valence electrons. The molecule has 0 saturated carbocycles. The lowest BCUT2D eigenvalue weighted by Crippen LogP contribution is -2.39. The van der Waals surface area contributed by atoms with Gasteiger partial charge in [-0.25, -0.2) is 4.79 Å². The fourth-order valence-corrected chi connectivity index (χ4v) is 1.30. The van der Waals surface area contributed by atoms with Crippen molar-refractivity contribution in [2.75, 3.05) is 13.2 Å². The van der Waals surface area contributed by atoms with Gasteiger partial charge >= 0.3 is 5.69 Å². The molecule has 0 bridgehead atoms. The summed E-state index contributed by atoms with van der Waals surface area (Å²) in [6.45, 7) is 5.58. The summed E-state index contributed by atoms with van der Waals surface area (Å²) in [6.07, 6.45) is 1.52. The summed E-state index contributed by atoms with van der Waals surface area (Å²) in [4.78, 5) is 23.1. The van der Waals surface area contributed by atoms with Crippen LogP contribution in [0.2, 0.25) is 0 Å². The van der Waals surface area contributed by atoms with E-state index in [1.165, 1.54) is 21.4 Å². The number of hydrogen-bond donors (Lipinski definition) is 0. The highest BCUT2D eigenvalue weighted by Crippen LogP contribution is 1.80. The maximum atomic E-state index is 11.7. The van der Waals surface area contributed by atoms with Crippen LogP contribution in [0.15, 0.2) is 21.9 Å². The van der Waals surface area contributed by atoms with E-state index in [2.05, 4.69) is 0 Å². The third-order valence-corrected chi connectivity index (χ3v) is 2.14. The van der Waals surface area contributed by atoms with E-state index < -0.39 is 0 Å². The van der Waals surface area contributed by atoms with Gasteiger partial charge in [0.15, 0.2) is 0 Å². The molecule has 0 aliphatic heterocycles. The molecule has 1 aromatic heterocycles. The van der Waals surface area contributed by atoms with Gasteiger partial charge in [0, 0.05) is 25.4 Å². The zero-order chi connectivity index (χ0) is 11.3. The molecule has 0 radical (unpaired) electrons. The number of ether oxygens (including phenoxy) is 1. The molecule has 5 nitrogen and oxygen atoms in total. The van der Waals surface area contributed by atoms with E-state index in [1.54, 1.807) is 0 Å². The van der Waals surface area contributed by atoms with Crippen LogP contribution in [0.1, 0.15) is 13.8 Å². The van der Waals surface area contributed by atoms with Crippen LogP contribution >= 0.6 is 0 Å². The van der Waals surface area contributed by atoms with Crippen LogP contribution in [0, 0.1) is 0 Å². The molecule has 1 aromatic rings. The summed E-state index contributed by atoms with van der Waals surface area (Å²) in [5.74, 6) is 0. The van der Waals surface area contributed by atoms with Crippen LogP contribution in [-0.2, 0) is 17.8 Å². The van der Waals surface area contributed by atoms with Gasteiger partial charge in [-0.1, -0.05) is 0 Å². The Hall–Kier alpha value is -1.36. The van der Waals surface area contributed by atoms with Crippen LogP contribution in [0.3, 0.4) is 0 Å². The quantitative estimate of drug-likeness (QED) is 0.649. The first-order valence-electron chi connectivity index (χ1n) is 5.08. The maximum absolute atomic E-state index is 11.7. The molecule has 0 spiro atoms. The van der Waals surface area contributed by atoms with Crippen molar-refractivity contribution in [3.63, 3.8) is 0 Å². The van der Waals surface area contributed by atoms with Gasteiger partial charge in [-0.3, -0.25) is 9.36 Å². The third-order valence-electron chi connectivity index (χ3n) is 2.14. The van der Waals surface area contributed by atoms with E-state index in [0.29, 0.717) is 26.3 Å². The fraction of sp³-hybridized carbons (Fsp3) is 0.600. The first-order chi connectivity index (χ1) is 7.20. The summed E-state index contributed by atoms with van der Waals surface area (Å²) in [5.41, 5.74) is -0.547. The van der Waals surface area contributed by atoms with Gasteiger partial charge in [0.25, 0.3) is 5.56 Å². The summed E-state index contributed by atoms with van der Waals surface area (Å²) < 4.78 is 7.80. The molecular weight excluding hydrogens is 196 g/mol. The second-order valence-electron chi connectivity index (χ2n) is 3.07. The molecule has 0 atom stereocenters. The zero-order valence-electron chi connectivity index (χ0n) is 9.10. The van der Waals surface area contributed by atoms with Crippen molar-refractivity contribution < 1.29 is 4.74 Å². The number of aromatic nitrogens is 2. The highest BCUT2D eigenvalue weighted by atomic mass is 16.5. The predicted molar refractivity (Wildman–Crippen MR) is 57.1 cm³/mol. The second-order valence-corrected chi connectivity index (χ2v) is 3.07. The van der Waals surface area contributed by atoms with Crippen molar-refractivity contribution in [1.82, 2.24) is 9.13 Å². The first kappa shape index (κ1) is 11.7. The van der Waals surface area contributed by atoms with Crippen LogP contribution < -0.4 is 11.2 Å². The Balaban J connectivity index is 2.95. The van der Waals surface area contributed by atoms with Crippen molar-refractivity contribution in [2.24, 2.45) is 0 Å². The number of nitrogens with zero attached hydrogens (tertiary/aromatic N) is 2. The smallest absolute Gasteiger partial charge is 0.331 e. The first-order valence-corrected chi connectivity index (χ1v) is 5.08. The summed E-state index contributed by atoms with van der Waals surface area (Å²) >= 11 is 0. The van der Waals surface area contributed by atoms with Gasteiger partial charge in [-0.2, -0.15) is 0 Å². The number of rotatable bonds is 5. The Morgan fingerprint density at radius 2 is 2.07 bits per heavy atom. The van der Waals surface area contributed by atoms with E-state index in [0.717, 1.165) is 0 Å². The summed E-state index contributed by atoms with van der Waals surface area (Å²) in [6, 6.07) is 1.40. The molecule has 0 aromatic carbocycles. The number of aryl methyl sites for hydroxylation is 1. The molecule has 15 heavy (non-hydrogen) atoms. The molecule has 0 aliphatic carbocycles. The number of hydrogen-bond acceptors (Lipinski definition) is 3. The average Bonchev–Trinajstić information content (AvgIpc) is 2.23. The second kappa shape index (κ2) is 5.50. The summed E-state index contributed by atoms with van der Waals surface area (Å²) in [5, 5.41) is 0. The normalized spacial score (nSPS) is 10.5. The van der Waals surface area contributed by atoms with Crippen LogP contribution in [0.4, 0.5) is 0 Å². The Bertz CT molecular complexity index is 419. The van der Waals surface area contributed by atoms with Gasteiger partial charge in [0.05, 0.1) is 13.2 Å². The highest BCUT2D eigenvalue weighted by molar-refractivity contribution is 4.86. The molecule has 0 fully saturated rings. The zero-order valence-corrected chi connectivity index (χ0v) is 9.10. The standard InChI is InChI=1S/C10H16N2O3/c1-3-11-6-5-9(13)12(10(11)14)7-8-15-4-2/h5-6H,3-4,7-8H2,1-2H3. The van der Waals surface area contributed by atoms with Crippen molar-refractivity contribution in [3.05, 3.63) is 33.1 Å². The Morgan fingerprint density at radius 1 is 1.33 bits per heavy atom. The van der Waals surface area contributed by atoms with Crippen LogP contribution in [0.25, 0.3) is 0 Å². The molecule has 0 amide bonds. The largest absolute Gasteiger partial charge is 0.380 e. The Kier molecular flexibility index (Phi) is 4.30. The maximum Gasteiger partial charge on any atom is 0.331 e. The third kappa shape index (κ3) is 2.79. The average molecular weight is 212 g/mol. The minimum Gasteiger partial charge on any atom is -0.380 e. The van der Waals surface area contributed by atoms with Crippen LogP contribution in [0.5, 0.6) is 0 Å². The van der Waals surface area contributed by atoms with Crippen molar-refractivity contribution in [2.45, 2.75) is 26.9 Å². The molecule has 1 rings (SSSR count). The predicted octanol–water partition coefficient (Wildman–Crippen LogP) is 0.0664. The van der Waals surface area contributed by atoms with E-state index in [1.807, 2.05) is 13.8 Å². The van der Waals surface area contributed by atoms with E-state index >= 15 is 0 Å². The molecule has 5 heteroatoms. The van der Waals surface area contributed by atoms with E-state index in [-0.39, 0.29) is 11.2 Å². The lowest BCUT2D eigenvalue weighted by atomic mass is 10.5. The van der Waals surface area contributed by atoms with Crippen molar-refractivity contribution >= 4 is 0 Å². The van der Waals surface area contributed by atoms with Gasteiger partial charge < -0.3 is 9.30 Å². The van der Waals surface area contributed by atoms with Crippen molar-refractivity contribution in [1.29, 1.82) is 0 Å².